The van der Waals surface area contributed by atoms with Crippen molar-refractivity contribution < 1.29 is 92.0 Å². The van der Waals surface area contributed by atoms with Crippen molar-refractivity contribution >= 4 is 23.9 Å². The Hall–Kier alpha value is -8.02. The van der Waals surface area contributed by atoms with Crippen molar-refractivity contribution in [3.05, 3.63) is 251 Å². The first-order valence-electron chi connectivity index (χ1n) is 30.1. The molecule has 0 amide bonds. The second-order valence-electron chi connectivity index (χ2n) is 22.0. The summed E-state index contributed by atoms with van der Waals surface area (Å²) < 4.78 is 101. The van der Waals surface area contributed by atoms with Gasteiger partial charge in [0.25, 0.3) is 0 Å². The van der Waals surface area contributed by atoms with Gasteiger partial charge in [-0.15, -0.1) is 0 Å². The van der Waals surface area contributed by atoms with E-state index in [1.165, 1.54) is 19.1 Å². The number of aliphatic hydroxyl groups excluding tert-OH is 1. The van der Waals surface area contributed by atoms with Gasteiger partial charge >= 0.3 is 23.9 Å². The Kier molecular flexibility index (Phi) is 20.3. The average molecular weight is 1220 g/mol. The first kappa shape index (κ1) is 61.2. The standard InChI is InChI=1S/C70H70O19/c1-44-54(76-39-45-25-11-4-12-26-45)57(77-40-46-27-13-5-14-28-46)61(78-41-47-29-15-6-16-30-47)68(81-44)87-58-55(52(42-79-63(71)48-31-17-7-18-32-48)82-67(75)60(58)84-65(73)50-35-21-9-22-36-50)86-69-62(85-66(74)51-37-23-10-24-38-51)59-56(88-70(2,3)89-59)53(83-69)43-80-64(72)49-33-19-8-20-34-49/h4-38,44,52-62,67-69,75H,39-43H2,1-3H3/t44-,52+,53+,54+,55+,56-,57+,58-,59-,60+,61-,62+,67+,68-,69?/m0/s1/i2D/t44-,52+,53+,54+,55+,56-,57+,58-,59-,60+,61-,62+,67+,68-,69?,70?. The fraction of sp³-hybridized carbons (Fsp3) is 0.343. The molecule has 0 bridgehead atoms. The van der Waals surface area contributed by atoms with Gasteiger partial charge in [-0.05, 0) is 86.0 Å². The van der Waals surface area contributed by atoms with Gasteiger partial charge in [0.2, 0.25) is 0 Å². The van der Waals surface area contributed by atoms with Crippen LogP contribution in [-0.4, -0.2) is 140 Å². The van der Waals surface area contributed by atoms with E-state index in [-0.39, 0.29) is 42.1 Å². The van der Waals surface area contributed by atoms with Crippen LogP contribution in [0.4, 0.5) is 0 Å². The van der Waals surface area contributed by atoms with Crippen LogP contribution >= 0.6 is 0 Å². The van der Waals surface area contributed by atoms with Crippen molar-refractivity contribution in [2.24, 2.45) is 0 Å². The summed E-state index contributed by atoms with van der Waals surface area (Å²) in [6.07, 6.45) is -21.3. The number of ether oxygens (including phenoxy) is 14. The summed E-state index contributed by atoms with van der Waals surface area (Å²) in [4.78, 5) is 56.6. The molecule has 4 saturated heterocycles. The lowest BCUT2D eigenvalue weighted by Gasteiger charge is -2.50. The fourth-order valence-electron chi connectivity index (χ4n) is 11.1. The third-order valence-electron chi connectivity index (χ3n) is 15.4. The molecule has 19 nitrogen and oxygen atoms in total. The molecule has 4 heterocycles. The van der Waals surface area contributed by atoms with Gasteiger partial charge in [-0.3, -0.25) is 0 Å². The number of carbonyl (C=O) groups excluding carboxylic acids is 4. The highest BCUT2D eigenvalue weighted by molar-refractivity contribution is 5.91. The second kappa shape index (κ2) is 29.5. The summed E-state index contributed by atoms with van der Waals surface area (Å²) in [6.45, 7) is 2.02. The van der Waals surface area contributed by atoms with Gasteiger partial charge in [0.05, 0.1) is 48.2 Å². The minimum atomic E-state index is -2.04. The van der Waals surface area contributed by atoms with Crippen molar-refractivity contribution in [1.29, 1.82) is 0 Å². The highest BCUT2D eigenvalue weighted by Gasteiger charge is 2.61. The molecule has 0 aromatic heterocycles. The Morgan fingerprint density at radius 1 is 0.427 bits per heavy atom. The predicted molar refractivity (Wildman–Crippen MR) is 317 cm³/mol. The molecule has 16 atom stereocenters. The Balaban J connectivity index is 1.02. The second-order valence-corrected chi connectivity index (χ2v) is 22.0. The van der Waals surface area contributed by atoms with Gasteiger partial charge in [0, 0.05) is 1.37 Å². The van der Waals surface area contributed by atoms with E-state index in [1.807, 2.05) is 91.0 Å². The number of aliphatic hydroxyl groups is 1. The van der Waals surface area contributed by atoms with E-state index >= 15 is 0 Å². The number of hydrogen-bond donors (Lipinski definition) is 1. The van der Waals surface area contributed by atoms with Crippen molar-refractivity contribution in [2.45, 2.75) is 138 Å². The lowest BCUT2D eigenvalue weighted by Crippen LogP contribution is -2.68. The highest BCUT2D eigenvalue weighted by atomic mass is 16.8. The number of rotatable bonds is 23. The topological polar surface area (TPSA) is 218 Å². The molecule has 1 N–H and O–H groups in total. The number of carbonyl (C=O) groups is 4. The minimum Gasteiger partial charge on any atom is -0.459 e. The van der Waals surface area contributed by atoms with E-state index < -0.39 is 142 Å². The fourth-order valence-corrected chi connectivity index (χ4v) is 11.1. The molecule has 11 rings (SSSR count). The lowest BCUT2D eigenvalue weighted by molar-refractivity contribution is -0.383. The van der Waals surface area contributed by atoms with Gasteiger partial charge in [0.1, 0.15) is 68.1 Å². The Bertz CT molecular complexity index is 3400. The summed E-state index contributed by atoms with van der Waals surface area (Å²) in [5.74, 6) is -4.85. The maximum Gasteiger partial charge on any atom is 0.338 e. The summed E-state index contributed by atoms with van der Waals surface area (Å²) in [5, 5.41) is 12.5. The number of esters is 4. The zero-order valence-electron chi connectivity index (χ0n) is 49.9. The quantitative estimate of drug-likeness (QED) is 0.0466. The molecule has 7 aromatic rings. The van der Waals surface area contributed by atoms with Crippen LogP contribution in [0, 0.1) is 0 Å². The average Bonchev–Trinajstić information content (AvgIpc) is 1.46. The third-order valence-corrected chi connectivity index (χ3v) is 15.4. The molecular weight excluding hydrogens is 1140 g/mol. The Morgan fingerprint density at radius 3 is 1.28 bits per heavy atom. The molecule has 2 unspecified atom stereocenters. The number of hydrogen-bond acceptors (Lipinski definition) is 19. The van der Waals surface area contributed by atoms with Crippen LogP contribution in [0.5, 0.6) is 0 Å². The first-order valence-corrected chi connectivity index (χ1v) is 29.4. The van der Waals surface area contributed by atoms with Gasteiger partial charge in [-0.1, -0.05) is 164 Å². The molecule has 4 aliphatic heterocycles. The zero-order chi connectivity index (χ0) is 62.4. The zero-order valence-corrected chi connectivity index (χ0v) is 48.9. The predicted octanol–water partition coefficient (Wildman–Crippen LogP) is 9.39. The van der Waals surface area contributed by atoms with Crippen LogP contribution in [-0.2, 0) is 86.1 Å². The molecular formula is C70H70O19. The van der Waals surface area contributed by atoms with Gasteiger partial charge in [0.15, 0.2) is 36.9 Å². The Morgan fingerprint density at radius 2 is 0.809 bits per heavy atom. The maximum atomic E-state index is 14.5. The molecule has 0 aliphatic carbocycles. The summed E-state index contributed by atoms with van der Waals surface area (Å²) in [6, 6.07) is 61.1. The lowest BCUT2D eigenvalue weighted by atomic mass is 9.95. The first-order chi connectivity index (χ1) is 43.9. The van der Waals surface area contributed by atoms with Crippen molar-refractivity contribution in [3.63, 3.8) is 0 Å². The normalized spacial score (nSPS) is 29.2. The van der Waals surface area contributed by atoms with Crippen LogP contribution in [0.1, 0.15) is 80.2 Å². The smallest absolute Gasteiger partial charge is 0.338 e. The summed E-state index contributed by atoms with van der Waals surface area (Å²) in [5.41, 5.74) is 3.15. The summed E-state index contributed by atoms with van der Waals surface area (Å²) >= 11 is 0. The molecule has 4 aliphatic rings. The van der Waals surface area contributed by atoms with Crippen LogP contribution in [0.3, 0.4) is 0 Å². The van der Waals surface area contributed by atoms with E-state index in [2.05, 4.69) is 0 Å². The van der Waals surface area contributed by atoms with E-state index in [4.69, 9.17) is 67.7 Å². The molecule has 0 spiro atoms. The van der Waals surface area contributed by atoms with Crippen LogP contribution in [0.2, 0.25) is 0 Å². The monoisotopic (exact) mass is 1220 g/mol. The van der Waals surface area contributed by atoms with Crippen LogP contribution < -0.4 is 0 Å². The number of benzene rings is 7. The molecule has 4 fully saturated rings. The molecule has 464 valence electrons. The van der Waals surface area contributed by atoms with Crippen LogP contribution in [0.15, 0.2) is 212 Å². The van der Waals surface area contributed by atoms with E-state index in [9.17, 15) is 24.3 Å². The largest absolute Gasteiger partial charge is 0.459 e. The van der Waals surface area contributed by atoms with Gasteiger partial charge in [-0.2, -0.15) is 0 Å². The SMILES string of the molecule is [2H]CC1(C)O[C@@H]2[C@H](O1)[C@@H](OC(=O)c1ccccc1)C(O[C@H]1[C@H](O[C@@H]3O[C@@H](C)[C@@H](OCc4ccccc4)[C@@H](OCc4ccccc4)[C@@H]3OCc3ccccc3)[C@@H](OC(=O)c3ccccc3)[C@H](O)O[C@@H]1COC(=O)c1ccccc1)O[C@@H]2COC(=O)c1ccccc1. The molecule has 19 heteroatoms. The molecule has 0 saturated carbocycles. The van der Waals surface area contributed by atoms with E-state index in [0.717, 1.165) is 16.7 Å². The number of fused-ring (bicyclic) bond motifs is 1. The van der Waals surface area contributed by atoms with E-state index in [1.54, 1.807) is 116 Å². The van der Waals surface area contributed by atoms with Gasteiger partial charge in [-0.25, -0.2) is 19.2 Å². The van der Waals surface area contributed by atoms with Crippen LogP contribution in [0.25, 0.3) is 0 Å². The molecule has 89 heavy (non-hydrogen) atoms. The van der Waals surface area contributed by atoms with Crippen molar-refractivity contribution in [3.8, 4) is 0 Å². The third kappa shape index (κ3) is 15.9. The molecule has 0 radical (unpaired) electrons. The van der Waals surface area contributed by atoms with Gasteiger partial charge < -0.3 is 71.4 Å². The summed E-state index contributed by atoms with van der Waals surface area (Å²) in [7, 11) is 0. The Labute approximate surface area is 516 Å². The van der Waals surface area contributed by atoms with Crippen molar-refractivity contribution in [2.75, 3.05) is 13.2 Å². The molecule has 7 aromatic carbocycles. The maximum absolute atomic E-state index is 14.5. The van der Waals surface area contributed by atoms with Crippen molar-refractivity contribution in [1.82, 2.24) is 0 Å². The van der Waals surface area contributed by atoms with E-state index in [0.29, 0.717) is 0 Å². The minimum absolute atomic E-state index is 0.00298. The highest BCUT2D eigenvalue weighted by Crippen LogP contribution is 2.42.